The van der Waals surface area contributed by atoms with Gasteiger partial charge in [0.25, 0.3) is 0 Å². The van der Waals surface area contributed by atoms with Crippen LogP contribution in [0.5, 0.6) is 0 Å². The molecule has 3 heteroatoms. The summed E-state index contributed by atoms with van der Waals surface area (Å²) in [5.74, 6) is 0.603. The molecule has 3 nitrogen and oxygen atoms in total. The van der Waals surface area contributed by atoms with Crippen molar-refractivity contribution in [2.24, 2.45) is 0 Å². The molecule has 0 bridgehead atoms. The van der Waals surface area contributed by atoms with Gasteiger partial charge in [0.15, 0.2) is 0 Å². The first-order valence-corrected chi connectivity index (χ1v) is 8.22. The minimum absolute atomic E-state index is 0.227. The summed E-state index contributed by atoms with van der Waals surface area (Å²) >= 11 is 0. The third-order valence-electron chi connectivity index (χ3n) is 4.24. The number of aliphatic hydroxyl groups is 1. The standard InChI is InChI=1S/C18H29NO2/c1-15(2)17-6-4-16(5-7-17)14-19-10-8-18(9-11-19)21-13-3-12-20/h4-7,15,18,20H,3,8-14H2,1-2H3. The summed E-state index contributed by atoms with van der Waals surface area (Å²) < 4.78 is 5.78. The molecule has 0 radical (unpaired) electrons. The van der Waals surface area contributed by atoms with Gasteiger partial charge < -0.3 is 9.84 Å². The molecule has 1 aliphatic rings. The number of piperidine rings is 1. The van der Waals surface area contributed by atoms with Crippen molar-refractivity contribution < 1.29 is 9.84 Å². The number of ether oxygens (including phenoxy) is 1. The molecule has 1 saturated heterocycles. The quantitative estimate of drug-likeness (QED) is 0.783. The lowest BCUT2D eigenvalue weighted by molar-refractivity contribution is 0.000785. The van der Waals surface area contributed by atoms with E-state index in [1.165, 1.54) is 11.1 Å². The zero-order valence-corrected chi connectivity index (χ0v) is 13.4. The Morgan fingerprint density at radius 1 is 1.19 bits per heavy atom. The second-order valence-electron chi connectivity index (χ2n) is 6.32. The lowest BCUT2D eigenvalue weighted by Gasteiger charge is -2.32. The number of rotatable bonds is 7. The molecule has 0 aliphatic carbocycles. The number of hydrogen-bond acceptors (Lipinski definition) is 3. The number of likely N-dealkylation sites (tertiary alicyclic amines) is 1. The van der Waals surface area contributed by atoms with Crippen molar-refractivity contribution >= 4 is 0 Å². The van der Waals surface area contributed by atoms with Gasteiger partial charge in [0.1, 0.15) is 0 Å². The Morgan fingerprint density at radius 2 is 1.86 bits per heavy atom. The molecule has 1 aromatic rings. The van der Waals surface area contributed by atoms with E-state index in [-0.39, 0.29) is 6.61 Å². The number of benzene rings is 1. The van der Waals surface area contributed by atoms with Crippen LogP contribution in [-0.4, -0.2) is 42.4 Å². The maximum absolute atomic E-state index is 8.77. The Labute approximate surface area is 128 Å². The second kappa shape index (κ2) is 8.52. The van der Waals surface area contributed by atoms with Gasteiger partial charge in [0, 0.05) is 32.8 Å². The predicted molar refractivity (Wildman–Crippen MR) is 86.5 cm³/mol. The third kappa shape index (κ3) is 5.42. The summed E-state index contributed by atoms with van der Waals surface area (Å²) in [6, 6.07) is 9.04. The lowest BCUT2D eigenvalue weighted by atomic mass is 10.0. The van der Waals surface area contributed by atoms with E-state index in [9.17, 15) is 0 Å². The molecule has 2 rings (SSSR count). The summed E-state index contributed by atoms with van der Waals surface area (Å²) in [5, 5.41) is 8.77. The summed E-state index contributed by atoms with van der Waals surface area (Å²) in [6.07, 6.45) is 3.35. The molecule has 0 amide bonds. The molecule has 0 saturated carbocycles. The molecule has 1 aromatic carbocycles. The van der Waals surface area contributed by atoms with Crippen molar-refractivity contribution in [2.75, 3.05) is 26.3 Å². The van der Waals surface area contributed by atoms with Crippen molar-refractivity contribution in [3.8, 4) is 0 Å². The minimum atomic E-state index is 0.227. The van der Waals surface area contributed by atoms with Gasteiger partial charge >= 0.3 is 0 Å². The summed E-state index contributed by atoms with van der Waals surface area (Å²) in [6.45, 7) is 8.64. The normalized spacial score (nSPS) is 17.5. The molecule has 118 valence electrons. The first-order chi connectivity index (χ1) is 10.2. The van der Waals surface area contributed by atoms with Crippen molar-refractivity contribution in [3.63, 3.8) is 0 Å². The number of nitrogens with zero attached hydrogens (tertiary/aromatic N) is 1. The van der Waals surface area contributed by atoms with Gasteiger partial charge in [-0.2, -0.15) is 0 Å². The first kappa shape index (κ1) is 16.5. The minimum Gasteiger partial charge on any atom is -0.396 e. The van der Waals surface area contributed by atoms with Gasteiger partial charge in [-0.1, -0.05) is 38.1 Å². The van der Waals surface area contributed by atoms with Crippen molar-refractivity contribution in [2.45, 2.75) is 51.7 Å². The van der Waals surface area contributed by atoms with E-state index in [0.717, 1.165) is 38.9 Å². The van der Waals surface area contributed by atoms with Crippen LogP contribution in [0.15, 0.2) is 24.3 Å². The van der Waals surface area contributed by atoms with Crippen LogP contribution in [0.1, 0.15) is 50.2 Å². The average Bonchev–Trinajstić information content (AvgIpc) is 2.50. The first-order valence-electron chi connectivity index (χ1n) is 8.22. The fourth-order valence-corrected chi connectivity index (χ4v) is 2.81. The van der Waals surface area contributed by atoms with Gasteiger partial charge in [0.05, 0.1) is 6.10 Å². The highest BCUT2D eigenvalue weighted by Crippen LogP contribution is 2.19. The van der Waals surface area contributed by atoms with Gasteiger partial charge in [-0.05, 0) is 36.3 Å². The van der Waals surface area contributed by atoms with Crippen LogP contribution >= 0.6 is 0 Å². The van der Waals surface area contributed by atoms with Crippen molar-refractivity contribution in [1.29, 1.82) is 0 Å². The van der Waals surface area contributed by atoms with Crippen LogP contribution in [0.3, 0.4) is 0 Å². The molecule has 1 aliphatic heterocycles. The van der Waals surface area contributed by atoms with Crippen LogP contribution in [-0.2, 0) is 11.3 Å². The SMILES string of the molecule is CC(C)c1ccc(CN2CCC(OCCCO)CC2)cc1. The monoisotopic (exact) mass is 291 g/mol. The fraction of sp³-hybridized carbons (Fsp3) is 0.667. The smallest absolute Gasteiger partial charge is 0.0599 e. The molecular formula is C18H29NO2. The Morgan fingerprint density at radius 3 is 2.43 bits per heavy atom. The molecule has 0 atom stereocenters. The highest BCUT2D eigenvalue weighted by atomic mass is 16.5. The largest absolute Gasteiger partial charge is 0.396 e. The predicted octanol–water partition coefficient (Wildman–Crippen LogP) is 3.17. The molecule has 0 spiro atoms. The lowest BCUT2D eigenvalue weighted by Crippen LogP contribution is -2.36. The molecular weight excluding hydrogens is 262 g/mol. The third-order valence-corrected chi connectivity index (χ3v) is 4.24. The summed E-state index contributed by atoms with van der Waals surface area (Å²) in [4.78, 5) is 2.51. The Balaban J connectivity index is 1.73. The fourth-order valence-electron chi connectivity index (χ4n) is 2.81. The van der Waals surface area contributed by atoms with E-state index in [4.69, 9.17) is 9.84 Å². The van der Waals surface area contributed by atoms with Crippen molar-refractivity contribution in [1.82, 2.24) is 4.90 Å². The highest BCUT2D eigenvalue weighted by molar-refractivity contribution is 5.24. The summed E-state index contributed by atoms with van der Waals surface area (Å²) in [7, 11) is 0. The Bertz CT molecular complexity index is 394. The Hall–Kier alpha value is -0.900. The molecule has 1 heterocycles. The van der Waals surface area contributed by atoms with Gasteiger partial charge in [-0.3, -0.25) is 4.90 Å². The summed E-state index contributed by atoms with van der Waals surface area (Å²) in [5.41, 5.74) is 2.81. The van der Waals surface area contributed by atoms with Crippen molar-refractivity contribution in [3.05, 3.63) is 35.4 Å². The van der Waals surface area contributed by atoms with E-state index in [1.54, 1.807) is 0 Å². The molecule has 0 unspecified atom stereocenters. The molecule has 0 aromatic heterocycles. The van der Waals surface area contributed by atoms with Crippen LogP contribution in [0.4, 0.5) is 0 Å². The number of hydrogen-bond donors (Lipinski definition) is 1. The van der Waals surface area contributed by atoms with Gasteiger partial charge in [-0.25, -0.2) is 0 Å². The van der Waals surface area contributed by atoms with E-state index < -0.39 is 0 Å². The maximum Gasteiger partial charge on any atom is 0.0599 e. The second-order valence-corrected chi connectivity index (χ2v) is 6.32. The Kier molecular flexibility index (Phi) is 6.68. The van der Waals surface area contributed by atoms with Crippen LogP contribution in [0.25, 0.3) is 0 Å². The van der Waals surface area contributed by atoms with Gasteiger partial charge in [-0.15, -0.1) is 0 Å². The van der Waals surface area contributed by atoms with Gasteiger partial charge in [0.2, 0.25) is 0 Å². The zero-order valence-electron chi connectivity index (χ0n) is 13.4. The molecule has 21 heavy (non-hydrogen) atoms. The van der Waals surface area contributed by atoms with E-state index in [2.05, 4.69) is 43.0 Å². The van der Waals surface area contributed by atoms with Crippen LogP contribution < -0.4 is 0 Å². The van der Waals surface area contributed by atoms with E-state index in [0.29, 0.717) is 18.6 Å². The van der Waals surface area contributed by atoms with E-state index in [1.807, 2.05) is 0 Å². The van der Waals surface area contributed by atoms with Crippen LogP contribution in [0, 0.1) is 0 Å². The number of aliphatic hydroxyl groups excluding tert-OH is 1. The molecule has 1 fully saturated rings. The highest BCUT2D eigenvalue weighted by Gasteiger charge is 2.19. The van der Waals surface area contributed by atoms with Crippen LogP contribution in [0.2, 0.25) is 0 Å². The average molecular weight is 291 g/mol. The topological polar surface area (TPSA) is 32.7 Å². The zero-order chi connectivity index (χ0) is 15.1. The van der Waals surface area contributed by atoms with E-state index >= 15 is 0 Å². The maximum atomic E-state index is 8.77. The molecule has 1 N–H and O–H groups in total.